The number of sulfonamides is 1. The minimum absolute atomic E-state index is 0. The topological polar surface area (TPSA) is 72.0 Å². The monoisotopic (exact) mass is 445 g/mol. The normalized spacial score (nSPS) is 16.4. The zero-order chi connectivity index (χ0) is 17.6. The fourth-order valence-corrected chi connectivity index (χ4v) is 4.44. The van der Waals surface area contributed by atoms with Crippen LogP contribution in [0.3, 0.4) is 0 Å². The van der Waals surface area contributed by atoms with Gasteiger partial charge in [0.1, 0.15) is 11.5 Å². The van der Waals surface area contributed by atoms with E-state index in [9.17, 15) is 8.42 Å². The van der Waals surface area contributed by atoms with Crippen molar-refractivity contribution in [2.45, 2.75) is 18.7 Å². The van der Waals surface area contributed by atoms with Crippen LogP contribution >= 0.6 is 15.9 Å². The van der Waals surface area contributed by atoms with Crippen molar-refractivity contribution in [3.63, 3.8) is 0 Å². The number of ether oxygens (including phenoxy) is 2. The molecule has 1 fully saturated rings. The van der Waals surface area contributed by atoms with Gasteiger partial charge < -0.3 is 15.8 Å². The molecule has 1 aliphatic heterocycles. The Labute approximate surface area is 182 Å². The second kappa shape index (κ2) is 11.2. The maximum atomic E-state index is 12.7. The van der Waals surface area contributed by atoms with Crippen LogP contribution in [0.4, 0.5) is 0 Å². The van der Waals surface area contributed by atoms with Crippen LogP contribution in [-0.2, 0) is 14.8 Å². The van der Waals surface area contributed by atoms with Crippen LogP contribution in [0.2, 0.25) is 0 Å². The van der Waals surface area contributed by atoms with Gasteiger partial charge in [0.2, 0.25) is 15.9 Å². The first-order valence-electron chi connectivity index (χ1n) is 8.07. The molecule has 0 unspecified atom stereocenters. The molecular formula is C15H25BrN3NaO4S. The fourth-order valence-electron chi connectivity index (χ4n) is 2.43. The van der Waals surface area contributed by atoms with Crippen LogP contribution in [0.5, 0.6) is 5.88 Å². The van der Waals surface area contributed by atoms with E-state index in [1.807, 2.05) is 6.92 Å². The van der Waals surface area contributed by atoms with Gasteiger partial charge in [-0.05, 0) is 35.5 Å². The van der Waals surface area contributed by atoms with Crippen LogP contribution in [0, 0.1) is 0 Å². The predicted molar refractivity (Wildman–Crippen MR) is 95.9 cm³/mol. The SMILES string of the molecule is CCOCCOc1ncc(S(=O)(=O)N2CCN(CC)CC2)cc1Br.[H-].[Na+]. The summed E-state index contributed by atoms with van der Waals surface area (Å²) in [5.41, 5.74) is 0. The minimum Gasteiger partial charge on any atom is -1.00 e. The van der Waals surface area contributed by atoms with Gasteiger partial charge in [0.25, 0.3) is 0 Å². The molecule has 0 atom stereocenters. The second-order valence-electron chi connectivity index (χ2n) is 5.34. The Hall–Kier alpha value is 0.260. The smallest absolute Gasteiger partial charge is 1.00 e. The molecule has 1 aromatic rings. The molecule has 10 heteroatoms. The van der Waals surface area contributed by atoms with Gasteiger partial charge in [-0.2, -0.15) is 4.31 Å². The van der Waals surface area contributed by atoms with Gasteiger partial charge in [0.15, 0.2) is 0 Å². The molecule has 0 bridgehead atoms. The van der Waals surface area contributed by atoms with Gasteiger partial charge >= 0.3 is 29.6 Å². The summed E-state index contributed by atoms with van der Waals surface area (Å²) in [6, 6.07) is 1.55. The molecule has 0 aliphatic carbocycles. The summed E-state index contributed by atoms with van der Waals surface area (Å²) in [5.74, 6) is 0.365. The molecule has 0 amide bonds. The first-order chi connectivity index (χ1) is 11.5. The van der Waals surface area contributed by atoms with E-state index in [1.54, 1.807) is 6.07 Å². The van der Waals surface area contributed by atoms with Crippen LogP contribution in [0.1, 0.15) is 15.3 Å². The Morgan fingerprint density at radius 1 is 1.24 bits per heavy atom. The van der Waals surface area contributed by atoms with Crippen LogP contribution in [0.25, 0.3) is 0 Å². The molecule has 1 aromatic heterocycles. The fraction of sp³-hybridized carbons (Fsp3) is 0.667. The van der Waals surface area contributed by atoms with Crippen molar-refractivity contribution in [2.24, 2.45) is 0 Å². The number of hydrogen-bond donors (Lipinski definition) is 0. The minimum atomic E-state index is -3.53. The summed E-state index contributed by atoms with van der Waals surface area (Å²) >= 11 is 3.33. The third-order valence-electron chi connectivity index (χ3n) is 3.87. The Morgan fingerprint density at radius 2 is 1.92 bits per heavy atom. The summed E-state index contributed by atoms with van der Waals surface area (Å²) in [7, 11) is -3.53. The van der Waals surface area contributed by atoms with Crippen molar-refractivity contribution < 1.29 is 48.9 Å². The second-order valence-corrected chi connectivity index (χ2v) is 8.13. The Bertz CT molecular complexity index is 646. The molecule has 7 nitrogen and oxygen atoms in total. The number of likely N-dealkylation sites (N-methyl/N-ethyl adjacent to an activating group) is 1. The van der Waals surface area contributed by atoms with Crippen molar-refractivity contribution in [3.05, 3.63) is 16.7 Å². The first-order valence-corrected chi connectivity index (χ1v) is 10.3. The molecule has 138 valence electrons. The van der Waals surface area contributed by atoms with Gasteiger partial charge in [-0.1, -0.05) is 6.92 Å². The summed E-state index contributed by atoms with van der Waals surface area (Å²) in [4.78, 5) is 6.54. The van der Waals surface area contributed by atoms with E-state index in [0.717, 1.165) is 19.6 Å². The molecule has 25 heavy (non-hydrogen) atoms. The zero-order valence-electron chi connectivity index (χ0n) is 16.1. The van der Waals surface area contributed by atoms with E-state index in [2.05, 4.69) is 32.7 Å². The zero-order valence-corrected chi connectivity index (χ0v) is 19.5. The quantitative estimate of drug-likeness (QED) is 0.366. The van der Waals surface area contributed by atoms with Crippen molar-refractivity contribution >= 4 is 26.0 Å². The van der Waals surface area contributed by atoms with E-state index in [1.165, 1.54) is 10.5 Å². The molecule has 1 saturated heterocycles. The third kappa shape index (κ3) is 6.42. The molecule has 2 heterocycles. The Morgan fingerprint density at radius 3 is 2.48 bits per heavy atom. The van der Waals surface area contributed by atoms with Crippen molar-refractivity contribution in [1.82, 2.24) is 14.2 Å². The Kier molecular flexibility index (Phi) is 10.4. The number of piperazine rings is 1. The summed E-state index contributed by atoms with van der Waals surface area (Å²) < 4.78 is 38.2. The van der Waals surface area contributed by atoms with Crippen molar-refractivity contribution in [3.8, 4) is 5.88 Å². The first kappa shape index (κ1) is 23.3. The largest absolute Gasteiger partial charge is 1.00 e. The van der Waals surface area contributed by atoms with Crippen LogP contribution in [-0.4, -0.2) is 75.2 Å². The van der Waals surface area contributed by atoms with Crippen LogP contribution < -0.4 is 34.3 Å². The molecule has 0 spiro atoms. The van der Waals surface area contributed by atoms with E-state index < -0.39 is 10.0 Å². The number of halogens is 1. The number of pyridine rings is 1. The van der Waals surface area contributed by atoms with Crippen LogP contribution in [0.15, 0.2) is 21.6 Å². The maximum Gasteiger partial charge on any atom is 1.00 e. The van der Waals surface area contributed by atoms with E-state index in [0.29, 0.717) is 43.3 Å². The van der Waals surface area contributed by atoms with E-state index in [-0.39, 0.29) is 35.9 Å². The molecule has 0 saturated carbocycles. The standard InChI is InChI=1S/C15H24BrN3O4S.Na.H/c1-3-18-5-7-19(8-6-18)24(20,21)13-11-14(16)15(17-12-13)23-10-9-22-4-2;;/h11-12H,3-10H2,1-2H3;;/q;+1;-1. The molecule has 2 rings (SSSR count). The molecule has 0 radical (unpaired) electrons. The average Bonchev–Trinajstić information content (AvgIpc) is 2.59. The van der Waals surface area contributed by atoms with Gasteiger partial charge in [-0.15, -0.1) is 0 Å². The van der Waals surface area contributed by atoms with E-state index in [4.69, 9.17) is 9.47 Å². The number of nitrogens with zero attached hydrogens (tertiary/aromatic N) is 3. The summed E-state index contributed by atoms with van der Waals surface area (Å²) in [5, 5.41) is 0. The number of rotatable bonds is 8. The molecular weight excluding hydrogens is 421 g/mol. The van der Waals surface area contributed by atoms with Gasteiger partial charge in [-0.3, -0.25) is 0 Å². The third-order valence-corrected chi connectivity index (χ3v) is 6.30. The van der Waals surface area contributed by atoms with Gasteiger partial charge in [0, 0.05) is 32.8 Å². The summed E-state index contributed by atoms with van der Waals surface area (Å²) in [6.45, 7) is 8.89. The van der Waals surface area contributed by atoms with Gasteiger partial charge in [-0.25, -0.2) is 13.4 Å². The summed E-state index contributed by atoms with van der Waals surface area (Å²) in [6.07, 6.45) is 1.35. The number of aromatic nitrogens is 1. The predicted octanol–water partition coefficient (Wildman–Crippen LogP) is -1.30. The number of hydrogen-bond acceptors (Lipinski definition) is 6. The van der Waals surface area contributed by atoms with E-state index >= 15 is 0 Å². The molecule has 1 aliphatic rings. The van der Waals surface area contributed by atoms with Crippen molar-refractivity contribution in [2.75, 3.05) is 52.5 Å². The van der Waals surface area contributed by atoms with Gasteiger partial charge in [0.05, 0.1) is 17.3 Å². The molecule has 0 N–H and O–H groups in total. The average molecular weight is 446 g/mol. The molecule has 0 aromatic carbocycles. The Balaban J connectivity index is 0.00000312. The maximum absolute atomic E-state index is 12.7. The van der Waals surface area contributed by atoms with Crippen molar-refractivity contribution in [1.29, 1.82) is 0 Å².